The number of hydrogen-bond acceptors (Lipinski definition) is 2. The lowest BCUT2D eigenvalue weighted by atomic mass is 10.1. The minimum atomic E-state index is -0.664. The molecule has 1 aliphatic carbocycles. The highest BCUT2D eigenvalue weighted by molar-refractivity contribution is 7.99. The fourth-order valence-electron chi connectivity index (χ4n) is 1.91. The van der Waals surface area contributed by atoms with Gasteiger partial charge in [-0.05, 0) is 55.4 Å². The molecule has 0 saturated heterocycles. The molecule has 0 aliphatic heterocycles. The van der Waals surface area contributed by atoms with Gasteiger partial charge in [-0.1, -0.05) is 6.07 Å². The third kappa shape index (κ3) is 3.25. The molecule has 0 spiro atoms. The summed E-state index contributed by atoms with van der Waals surface area (Å²) in [6, 6.07) is 6.45. The van der Waals surface area contributed by atoms with Crippen LogP contribution in [-0.4, -0.2) is 16.8 Å². The molecule has 92 valence electrons. The molecular formula is C14H18O2S. The van der Waals surface area contributed by atoms with Gasteiger partial charge in [0.15, 0.2) is 0 Å². The van der Waals surface area contributed by atoms with Gasteiger partial charge in [-0.2, -0.15) is 0 Å². The second kappa shape index (κ2) is 4.73. The van der Waals surface area contributed by atoms with E-state index < -0.39 is 5.97 Å². The molecule has 0 bridgehead atoms. The molecule has 1 saturated carbocycles. The van der Waals surface area contributed by atoms with Crippen molar-refractivity contribution in [2.45, 2.75) is 38.0 Å². The van der Waals surface area contributed by atoms with Gasteiger partial charge in [0.25, 0.3) is 0 Å². The fraction of sp³-hybridized carbons (Fsp3) is 0.500. The maximum Gasteiger partial charge on any atom is 0.303 e. The van der Waals surface area contributed by atoms with Gasteiger partial charge in [0.05, 0.1) is 6.42 Å². The summed E-state index contributed by atoms with van der Waals surface area (Å²) in [6.07, 6.45) is 2.46. The van der Waals surface area contributed by atoms with Crippen LogP contribution in [0.1, 0.15) is 30.4 Å². The van der Waals surface area contributed by atoms with Crippen molar-refractivity contribution < 1.29 is 9.90 Å². The molecule has 1 aliphatic rings. The summed E-state index contributed by atoms with van der Waals surface area (Å²) in [4.78, 5) is 12.0. The smallest absolute Gasteiger partial charge is 0.303 e. The van der Waals surface area contributed by atoms with Crippen LogP contribution >= 0.6 is 11.8 Å². The van der Waals surface area contributed by atoms with Gasteiger partial charge in [-0.15, -0.1) is 11.8 Å². The van der Waals surface area contributed by atoms with Crippen molar-refractivity contribution in [2.75, 3.05) is 5.75 Å². The number of carboxylic acids is 1. The summed E-state index contributed by atoms with van der Waals surface area (Å²) >= 11 is 1.79. The molecule has 1 aromatic rings. The van der Waals surface area contributed by atoms with Crippen LogP contribution in [0.2, 0.25) is 0 Å². The minimum Gasteiger partial charge on any atom is -0.481 e. The zero-order valence-corrected chi connectivity index (χ0v) is 11.1. The Balaban J connectivity index is 1.94. The maximum absolute atomic E-state index is 10.8. The first-order valence-electron chi connectivity index (χ1n) is 5.93. The Bertz CT molecular complexity index is 436. The molecule has 0 atom stereocenters. The molecule has 0 amide bonds. The van der Waals surface area contributed by atoms with Crippen molar-refractivity contribution >= 4 is 17.7 Å². The third-order valence-electron chi connectivity index (χ3n) is 3.51. The number of benzene rings is 1. The van der Waals surface area contributed by atoms with Gasteiger partial charge >= 0.3 is 5.97 Å². The lowest BCUT2D eigenvalue weighted by Crippen LogP contribution is -2.10. The summed E-state index contributed by atoms with van der Waals surface area (Å²) < 4.78 is 0. The van der Waals surface area contributed by atoms with Crippen molar-refractivity contribution in [3.63, 3.8) is 0 Å². The summed E-state index contributed by atoms with van der Waals surface area (Å²) in [7, 11) is 0. The van der Waals surface area contributed by atoms with Crippen LogP contribution < -0.4 is 0 Å². The SMILES string of the molecule is Cc1ccc(SCC2(CC(=O)O)CC2)cc1C. The lowest BCUT2D eigenvalue weighted by Gasteiger charge is -2.12. The maximum atomic E-state index is 10.8. The largest absolute Gasteiger partial charge is 0.481 e. The van der Waals surface area contributed by atoms with Gasteiger partial charge in [-0.25, -0.2) is 0 Å². The number of aliphatic carboxylic acids is 1. The molecule has 0 radical (unpaired) electrons. The van der Waals surface area contributed by atoms with Gasteiger partial charge in [0, 0.05) is 10.6 Å². The molecule has 0 aromatic heterocycles. The van der Waals surface area contributed by atoms with E-state index in [1.165, 1.54) is 16.0 Å². The number of carbonyl (C=O) groups is 1. The minimum absolute atomic E-state index is 0.0787. The molecule has 3 heteroatoms. The first kappa shape index (κ1) is 12.5. The summed E-state index contributed by atoms with van der Waals surface area (Å²) in [5.41, 5.74) is 2.69. The van der Waals surface area contributed by atoms with E-state index in [0.717, 1.165) is 18.6 Å². The highest BCUT2D eigenvalue weighted by Gasteiger charge is 2.44. The lowest BCUT2D eigenvalue weighted by molar-refractivity contribution is -0.138. The second-order valence-corrected chi connectivity index (χ2v) is 6.15. The van der Waals surface area contributed by atoms with Gasteiger partial charge < -0.3 is 5.11 Å². The van der Waals surface area contributed by atoms with Crippen LogP contribution in [0.3, 0.4) is 0 Å². The van der Waals surface area contributed by atoms with Crippen LogP contribution in [0.4, 0.5) is 0 Å². The normalized spacial score (nSPS) is 16.8. The molecule has 2 nitrogen and oxygen atoms in total. The Labute approximate surface area is 106 Å². The number of hydrogen-bond donors (Lipinski definition) is 1. The molecule has 1 fully saturated rings. The van der Waals surface area contributed by atoms with E-state index in [0.29, 0.717) is 6.42 Å². The van der Waals surface area contributed by atoms with Crippen molar-refractivity contribution in [3.8, 4) is 0 Å². The fourth-order valence-corrected chi connectivity index (χ4v) is 3.20. The Morgan fingerprint density at radius 3 is 2.59 bits per heavy atom. The Morgan fingerprint density at radius 1 is 1.35 bits per heavy atom. The van der Waals surface area contributed by atoms with Crippen molar-refractivity contribution in [1.29, 1.82) is 0 Å². The zero-order chi connectivity index (χ0) is 12.5. The predicted octanol–water partition coefficient (Wildman–Crippen LogP) is 3.65. The van der Waals surface area contributed by atoms with Crippen molar-refractivity contribution in [3.05, 3.63) is 29.3 Å². The van der Waals surface area contributed by atoms with Crippen molar-refractivity contribution in [2.24, 2.45) is 5.41 Å². The van der Waals surface area contributed by atoms with Gasteiger partial charge in [0.1, 0.15) is 0 Å². The summed E-state index contributed by atoms with van der Waals surface area (Å²) in [5.74, 6) is 0.269. The number of rotatable bonds is 5. The van der Waals surface area contributed by atoms with E-state index in [1.54, 1.807) is 11.8 Å². The first-order chi connectivity index (χ1) is 8.01. The van der Waals surface area contributed by atoms with Crippen molar-refractivity contribution in [1.82, 2.24) is 0 Å². The Morgan fingerprint density at radius 2 is 2.06 bits per heavy atom. The quantitative estimate of drug-likeness (QED) is 0.810. The molecule has 17 heavy (non-hydrogen) atoms. The summed E-state index contributed by atoms with van der Waals surface area (Å²) in [6.45, 7) is 4.22. The second-order valence-electron chi connectivity index (χ2n) is 5.11. The average molecular weight is 250 g/mol. The molecule has 0 unspecified atom stereocenters. The zero-order valence-electron chi connectivity index (χ0n) is 10.3. The van der Waals surface area contributed by atoms with Crippen LogP contribution in [0.5, 0.6) is 0 Å². The number of carboxylic acid groups (broad SMARTS) is 1. The van der Waals surface area contributed by atoms with Crippen LogP contribution in [0.25, 0.3) is 0 Å². The molecular weight excluding hydrogens is 232 g/mol. The van der Waals surface area contributed by atoms with Gasteiger partial charge in [0.2, 0.25) is 0 Å². The van der Waals surface area contributed by atoms with Crippen LogP contribution in [0, 0.1) is 19.3 Å². The molecule has 1 N–H and O–H groups in total. The Hall–Kier alpha value is -0.960. The highest BCUT2D eigenvalue weighted by Crippen LogP contribution is 2.51. The average Bonchev–Trinajstić information content (AvgIpc) is 2.99. The van der Waals surface area contributed by atoms with Gasteiger partial charge in [-0.3, -0.25) is 4.79 Å². The monoisotopic (exact) mass is 250 g/mol. The molecule has 1 aromatic carbocycles. The van der Waals surface area contributed by atoms with E-state index in [1.807, 2.05) is 0 Å². The van der Waals surface area contributed by atoms with E-state index >= 15 is 0 Å². The number of aryl methyl sites for hydroxylation is 2. The first-order valence-corrected chi connectivity index (χ1v) is 6.91. The van der Waals surface area contributed by atoms with E-state index in [4.69, 9.17) is 5.11 Å². The molecule has 0 heterocycles. The van der Waals surface area contributed by atoms with E-state index in [9.17, 15) is 4.79 Å². The number of thioether (sulfide) groups is 1. The predicted molar refractivity (Wildman–Crippen MR) is 70.6 cm³/mol. The van der Waals surface area contributed by atoms with E-state index in [2.05, 4.69) is 32.0 Å². The third-order valence-corrected chi connectivity index (χ3v) is 4.85. The highest BCUT2D eigenvalue weighted by atomic mass is 32.2. The topological polar surface area (TPSA) is 37.3 Å². The Kier molecular flexibility index (Phi) is 3.48. The van der Waals surface area contributed by atoms with Crippen LogP contribution in [-0.2, 0) is 4.79 Å². The van der Waals surface area contributed by atoms with E-state index in [-0.39, 0.29) is 5.41 Å². The molecule has 2 rings (SSSR count). The van der Waals surface area contributed by atoms with Crippen LogP contribution in [0.15, 0.2) is 23.1 Å². The summed E-state index contributed by atoms with van der Waals surface area (Å²) in [5, 5.41) is 8.86. The standard InChI is InChI=1S/C14H18O2S/c1-10-3-4-12(7-11(10)2)17-9-14(5-6-14)8-13(15)16/h3-4,7H,5-6,8-9H2,1-2H3,(H,15,16).